The molecule has 1 aromatic heterocycles. The first-order valence-electron chi connectivity index (χ1n) is 8.25. The van der Waals surface area contributed by atoms with Crippen LogP contribution in [-0.2, 0) is 4.79 Å². The van der Waals surface area contributed by atoms with Crippen LogP contribution < -0.4 is 14.8 Å². The maximum absolute atomic E-state index is 12.2. The van der Waals surface area contributed by atoms with Gasteiger partial charge in [0, 0.05) is 11.5 Å². The smallest absolute Gasteiger partial charge is 0.249 e. The van der Waals surface area contributed by atoms with Crippen LogP contribution in [-0.4, -0.2) is 22.8 Å². The van der Waals surface area contributed by atoms with Crippen LogP contribution in [0.2, 0.25) is 0 Å². The van der Waals surface area contributed by atoms with E-state index >= 15 is 0 Å². The lowest BCUT2D eigenvalue weighted by Crippen LogP contribution is -2.31. The number of aromatic nitrogens is 2. The Morgan fingerprint density at radius 2 is 2.04 bits per heavy atom. The molecule has 7 heteroatoms. The van der Waals surface area contributed by atoms with Gasteiger partial charge in [0.15, 0.2) is 11.5 Å². The first-order valence-corrected chi connectivity index (χ1v) is 8.25. The summed E-state index contributed by atoms with van der Waals surface area (Å²) in [6.45, 7) is 2.07. The molecule has 0 saturated heterocycles. The fraction of sp³-hybridized carbons (Fsp3) is 0.471. The molecule has 1 aliphatic heterocycles. The van der Waals surface area contributed by atoms with Gasteiger partial charge in [-0.25, -0.2) is 0 Å². The van der Waals surface area contributed by atoms with E-state index in [1.165, 1.54) is 0 Å². The molecule has 1 amide bonds. The summed E-state index contributed by atoms with van der Waals surface area (Å²) in [6, 6.07) is 5.18. The molecule has 1 N–H and O–H groups in total. The molecule has 1 fully saturated rings. The minimum absolute atomic E-state index is 0.0721. The molecule has 0 radical (unpaired) electrons. The Morgan fingerprint density at radius 1 is 1.25 bits per heavy atom. The van der Waals surface area contributed by atoms with Crippen LogP contribution >= 0.6 is 0 Å². The van der Waals surface area contributed by atoms with Gasteiger partial charge in [0.2, 0.25) is 24.4 Å². The number of ether oxygens (including phenoxy) is 2. The Kier molecular flexibility index (Phi) is 3.84. The molecule has 1 saturated carbocycles. The van der Waals surface area contributed by atoms with Gasteiger partial charge >= 0.3 is 0 Å². The molecule has 7 nitrogen and oxygen atoms in total. The zero-order chi connectivity index (χ0) is 16.5. The summed E-state index contributed by atoms with van der Waals surface area (Å²) in [6.07, 6.45) is 4.18. The van der Waals surface area contributed by atoms with Gasteiger partial charge in [-0.1, -0.05) is 18.0 Å². The molecule has 2 heterocycles. The lowest BCUT2D eigenvalue weighted by Gasteiger charge is -2.13. The molecule has 24 heavy (non-hydrogen) atoms. The summed E-state index contributed by atoms with van der Waals surface area (Å²) in [5, 5.41) is 6.97. The van der Waals surface area contributed by atoms with E-state index in [9.17, 15) is 4.79 Å². The summed E-state index contributed by atoms with van der Waals surface area (Å²) < 4.78 is 16.0. The van der Waals surface area contributed by atoms with E-state index in [0.29, 0.717) is 23.2 Å². The van der Waals surface area contributed by atoms with Crippen LogP contribution in [0.25, 0.3) is 11.4 Å². The van der Waals surface area contributed by atoms with Crippen molar-refractivity contribution in [2.75, 3.05) is 6.79 Å². The number of carbonyl (C=O) groups is 1. The van der Waals surface area contributed by atoms with Gasteiger partial charge < -0.3 is 19.3 Å². The molecule has 0 unspecified atom stereocenters. The van der Waals surface area contributed by atoms with Gasteiger partial charge in [-0.3, -0.25) is 4.79 Å². The molecule has 1 aliphatic carbocycles. The van der Waals surface area contributed by atoms with Crippen LogP contribution in [0.15, 0.2) is 22.7 Å². The number of benzene rings is 1. The number of fused-ring (bicyclic) bond motifs is 1. The molecule has 4 rings (SSSR count). The number of nitrogens with zero attached hydrogens (tertiary/aromatic N) is 2. The number of rotatable bonds is 4. The Morgan fingerprint density at radius 3 is 2.88 bits per heavy atom. The molecule has 1 atom stereocenters. The predicted molar refractivity (Wildman–Crippen MR) is 84.4 cm³/mol. The van der Waals surface area contributed by atoms with Crippen molar-refractivity contribution in [3.05, 3.63) is 24.1 Å². The minimum atomic E-state index is -0.312. The Labute approximate surface area is 139 Å². The van der Waals surface area contributed by atoms with E-state index in [2.05, 4.69) is 15.5 Å². The van der Waals surface area contributed by atoms with Crippen molar-refractivity contribution < 1.29 is 18.8 Å². The van der Waals surface area contributed by atoms with Crippen molar-refractivity contribution in [1.82, 2.24) is 15.5 Å². The normalized spacial score (nSPS) is 17.9. The van der Waals surface area contributed by atoms with Gasteiger partial charge in [-0.15, -0.1) is 0 Å². The van der Waals surface area contributed by atoms with Crippen LogP contribution in [0.1, 0.15) is 44.5 Å². The summed E-state index contributed by atoms with van der Waals surface area (Å²) in [5.74, 6) is 2.42. The van der Waals surface area contributed by atoms with Crippen molar-refractivity contribution in [2.24, 2.45) is 5.92 Å². The van der Waals surface area contributed by atoms with E-state index in [-0.39, 0.29) is 24.7 Å². The van der Waals surface area contributed by atoms with Crippen molar-refractivity contribution in [3.63, 3.8) is 0 Å². The standard InChI is InChI=1S/C17H19N3O4/c1-10(18-16(21)11-4-2-3-5-11)17-19-15(20-24-17)12-6-7-13-14(8-12)23-9-22-13/h6-8,10-11H,2-5,9H2,1H3,(H,18,21)/t10-/m0/s1. The largest absolute Gasteiger partial charge is 0.454 e. The van der Waals surface area contributed by atoms with Crippen LogP contribution in [0.5, 0.6) is 11.5 Å². The highest BCUT2D eigenvalue weighted by Crippen LogP contribution is 2.35. The number of hydrogen-bond acceptors (Lipinski definition) is 6. The molecule has 2 aromatic rings. The molecule has 0 spiro atoms. The fourth-order valence-corrected chi connectivity index (χ4v) is 3.14. The van der Waals surface area contributed by atoms with E-state index < -0.39 is 0 Å². The van der Waals surface area contributed by atoms with Crippen LogP contribution in [0, 0.1) is 5.92 Å². The topological polar surface area (TPSA) is 86.5 Å². The highest BCUT2D eigenvalue weighted by atomic mass is 16.7. The Balaban J connectivity index is 1.46. The third-order valence-electron chi connectivity index (χ3n) is 4.53. The molecule has 0 bridgehead atoms. The third kappa shape index (κ3) is 2.81. The quantitative estimate of drug-likeness (QED) is 0.928. The first kappa shape index (κ1) is 15.0. The van der Waals surface area contributed by atoms with Gasteiger partial charge in [-0.05, 0) is 38.0 Å². The minimum Gasteiger partial charge on any atom is -0.454 e. The lowest BCUT2D eigenvalue weighted by molar-refractivity contribution is -0.125. The Bertz CT molecular complexity index is 752. The average molecular weight is 329 g/mol. The van der Waals surface area contributed by atoms with Gasteiger partial charge in [0.25, 0.3) is 0 Å². The van der Waals surface area contributed by atoms with Crippen molar-refractivity contribution in [1.29, 1.82) is 0 Å². The first-order chi connectivity index (χ1) is 11.7. The number of nitrogens with one attached hydrogen (secondary N) is 1. The average Bonchev–Trinajstić information content (AvgIpc) is 3.33. The van der Waals surface area contributed by atoms with Crippen molar-refractivity contribution >= 4 is 5.91 Å². The van der Waals surface area contributed by atoms with E-state index in [1.54, 1.807) is 0 Å². The third-order valence-corrected chi connectivity index (χ3v) is 4.53. The second kappa shape index (κ2) is 6.14. The van der Waals surface area contributed by atoms with Gasteiger partial charge in [0.05, 0.1) is 0 Å². The number of amides is 1. The van der Waals surface area contributed by atoms with Crippen molar-refractivity contribution in [2.45, 2.75) is 38.6 Å². The van der Waals surface area contributed by atoms with Gasteiger partial charge in [0.1, 0.15) is 6.04 Å². The molecular formula is C17H19N3O4. The summed E-state index contributed by atoms with van der Waals surface area (Å²) >= 11 is 0. The zero-order valence-electron chi connectivity index (χ0n) is 13.4. The zero-order valence-corrected chi connectivity index (χ0v) is 13.4. The van der Waals surface area contributed by atoms with Crippen LogP contribution in [0.3, 0.4) is 0 Å². The molecular weight excluding hydrogens is 310 g/mol. The second-order valence-electron chi connectivity index (χ2n) is 6.24. The van der Waals surface area contributed by atoms with E-state index in [1.807, 2.05) is 25.1 Å². The van der Waals surface area contributed by atoms with E-state index in [4.69, 9.17) is 14.0 Å². The highest BCUT2D eigenvalue weighted by Gasteiger charge is 2.26. The highest BCUT2D eigenvalue weighted by molar-refractivity contribution is 5.79. The van der Waals surface area contributed by atoms with Crippen molar-refractivity contribution in [3.8, 4) is 22.9 Å². The Hall–Kier alpha value is -2.57. The molecule has 2 aliphatic rings. The summed E-state index contributed by atoms with van der Waals surface area (Å²) in [4.78, 5) is 16.6. The maximum Gasteiger partial charge on any atom is 0.249 e. The van der Waals surface area contributed by atoms with Gasteiger partial charge in [-0.2, -0.15) is 4.98 Å². The molecule has 126 valence electrons. The monoisotopic (exact) mass is 329 g/mol. The summed E-state index contributed by atoms with van der Waals surface area (Å²) in [7, 11) is 0. The number of carbonyl (C=O) groups excluding carboxylic acids is 1. The van der Waals surface area contributed by atoms with E-state index in [0.717, 1.165) is 31.2 Å². The second-order valence-corrected chi connectivity index (χ2v) is 6.24. The molecule has 1 aromatic carbocycles. The summed E-state index contributed by atoms with van der Waals surface area (Å²) in [5.41, 5.74) is 0.781. The maximum atomic E-state index is 12.2. The predicted octanol–water partition coefficient (Wildman–Crippen LogP) is 2.83. The lowest BCUT2D eigenvalue weighted by atomic mass is 10.1. The SMILES string of the molecule is C[C@H](NC(=O)C1CCCC1)c1nc(-c2ccc3c(c2)OCO3)no1. The number of hydrogen-bond donors (Lipinski definition) is 1. The van der Waals surface area contributed by atoms with Crippen LogP contribution in [0.4, 0.5) is 0 Å². The fourth-order valence-electron chi connectivity index (χ4n) is 3.14.